The van der Waals surface area contributed by atoms with Crippen LogP contribution in [0.1, 0.15) is 38.7 Å². The topological polar surface area (TPSA) is 21.3 Å². The first-order valence-corrected chi connectivity index (χ1v) is 7.02. The molecule has 0 saturated heterocycles. The van der Waals surface area contributed by atoms with Gasteiger partial charge in [-0.1, -0.05) is 32.4 Å². The molecule has 0 spiro atoms. The monoisotopic (exact) mass is 289 g/mol. The van der Waals surface area contributed by atoms with Crippen LogP contribution in [-0.2, 0) is 6.42 Å². The highest BCUT2D eigenvalue weighted by atomic mass is 19.4. The lowest BCUT2D eigenvalue weighted by molar-refractivity contribution is -0.274. The third-order valence-corrected chi connectivity index (χ3v) is 2.96. The van der Waals surface area contributed by atoms with Crippen LogP contribution in [0.3, 0.4) is 0 Å². The summed E-state index contributed by atoms with van der Waals surface area (Å²) in [5, 5.41) is 3.46. The van der Waals surface area contributed by atoms with E-state index in [1.54, 1.807) is 12.1 Å². The van der Waals surface area contributed by atoms with E-state index in [-0.39, 0.29) is 5.75 Å². The third-order valence-electron chi connectivity index (χ3n) is 2.96. The number of hydrogen-bond acceptors (Lipinski definition) is 2. The minimum Gasteiger partial charge on any atom is -0.406 e. The quantitative estimate of drug-likeness (QED) is 0.770. The summed E-state index contributed by atoms with van der Waals surface area (Å²) < 4.78 is 40.0. The summed E-state index contributed by atoms with van der Waals surface area (Å²) in [5.74, 6) is -0.171. The van der Waals surface area contributed by atoms with Crippen LogP contribution < -0.4 is 10.1 Å². The Bertz CT molecular complexity index is 376. The molecule has 114 valence electrons. The predicted molar refractivity (Wildman–Crippen MR) is 73.8 cm³/mol. The lowest BCUT2D eigenvalue weighted by atomic mass is 10.0. The summed E-state index contributed by atoms with van der Waals surface area (Å²) in [4.78, 5) is 0. The molecule has 1 unspecified atom stereocenters. The van der Waals surface area contributed by atoms with Gasteiger partial charge >= 0.3 is 6.36 Å². The summed E-state index contributed by atoms with van der Waals surface area (Å²) in [7, 11) is 0. The Morgan fingerprint density at radius 2 is 1.75 bits per heavy atom. The largest absolute Gasteiger partial charge is 0.573 e. The zero-order valence-corrected chi connectivity index (χ0v) is 12.0. The van der Waals surface area contributed by atoms with Gasteiger partial charge in [-0.15, -0.1) is 13.2 Å². The van der Waals surface area contributed by atoms with Gasteiger partial charge in [0.2, 0.25) is 0 Å². The van der Waals surface area contributed by atoms with Gasteiger partial charge in [-0.3, -0.25) is 0 Å². The zero-order chi connectivity index (χ0) is 15.0. The van der Waals surface area contributed by atoms with E-state index in [4.69, 9.17) is 0 Å². The maximum atomic E-state index is 12.1. The Labute approximate surface area is 118 Å². The molecule has 0 bridgehead atoms. The number of alkyl halides is 3. The molecule has 0 heterocycles. The highest BCUT2D eigenvalue weighted by Crippen LogP contribution is 2.23. The Balaban J connectivity index is 2.58. The van der Waals surface area contributed by atoms with Crippen molar-refractivity contribution < 1.29 is 17.9 Å². The van der Waals surface area contributed by atoms with Crippen molar-refractivity contribution in [2.75, 3.05) is 6.54 Å². The van der Waals surface area contributed by atoms with E-state index in [1.807, 2.05) is 0 Å². The number of hydrogen-bond donors (Lipinski definition) is 1. The fourth-order valence-electron chi connectivity index (χ4n) is 2.08. The lowest BCUT2D eigenvalue weighted by Gasteiger charge is -2.18. The summed E-state index contributed by atoms with van der Waals surface area (Å²) in [6.07, 6.45) is -0.606. The Morgan fingerprint density at radius 1 is 1.10 bits per heavy atom. The second-order valence-electron chi connectivity index (χ2n) is 4.84. The van der Waals surface area contributed by atoms with Crippen LogP contribution in [0, 0.1) is 0 Å². The summed E-state index contributed by atoms with van der Waals surface area (Å²) in [6.45, 7) is 5.19. The molecule has 1 aromatic rings. The van der Waals surface area contributed by atoms with E-state index in [2.05, 4.69) is 23.9 Å². The lowest BCUT2D eigenvalue weighted by Crippen LogP contribution is -2.31. The van der Waals surface area contributed by atoms with Crippen molar-refractivity contribution in [3.63, 3.8) is 0 Å². The molecule has 1 atom stereocenters. The van der Waals surface area contributed by atoms with Gasteiger partial charge in [-0.25, -0.2) is 0 Å². The van der Waals surface area contributed by atoms with Gasteiger partial charge in [0.1, 0.15) is 5.75 Å². The molecule has 1 aromatic carbocycles. The van der Waals surface area contributed by atoms with Gasteiger partial charge in [0.25, 0.3) is 0 Å². The smallest absolute Gasteiger partial charge is 0.406 e. The van der Waals surface area contributed by atoms with Crippen molar-refractivity contribution in [2.24, 2.45) is 0 Å². The SMILES string of the molecule is CCCNC(CCC)Cc1ccc(OC(F)(F)F)cc1. The molecule has 0 fully saturated rings. The molecule has 0 radical (unpaired) electrons. The molecular formula is C15H22F3NO. The molecule has 0 aliphatic heterocycles. The van der Waals surface area contributed by atoms with Gasteiger partial charge in [-0.05, 0) is 43.5 Å². The molecule has 0 aliphatic rings. The molecule has 0 saturated carbocycles. The molecule has 20 heavy (non-hydrogen) atoms. The molecule has 0 amide bonds. The summed E-state index contributed by atoms with van der Waals surface area (Å²) >= 11 is 0. The van der Waals surface area contributed by atoms with Crippen molar-refractivity contribution in [3.8, 4) is 5.75 Å². The second-order valence-corrected chi connectivity index (χ2v) is 4.84. The number of halogens is 3. The minimum absolute atomic E-state index is 0.171. The van der Waals surface area contributed by atoms with Crippen LogP contribution >= 0.6 is 0 Å². The summed E-state index contributed by atoms with van der Waals surface area (Å²) in [6, 6.07) is 6.49. The minimum atomic E-state index is -4.63. The van der Waals surface area contributed by atoms with Gasteiger partial charge < -0.3 is 10.1 Å². The normalized spacial score (nSPS) is 13.2. The highest BCUT2D eigenvalue weighted by molar-refractivity contribution is 5.28. The van der Waals surface area contributed by atoms with Crippen molar-refractivity contribution >= 4 is 0 Å². The first-order valence-electron chi connectivity index (χ1n) is 7.02. The average molecular weight is 289 g/mol. The van der Waals surface area contributed by atoms with Crippen molar-refractivity contribution in [1.29, 1.82) is 0 Å². The Hall–Kier alpha value is -1.23. The molecule has 1 N–H and O–H groups in total. The molecule has 5 heteroatoms. The molecular weight excluding hydrogens is 267 g/mol. The molecule has 1 rings (SSSR count). The molecule has 0 aromatic heterocycles. The van der Waals surface area contributed by atoms with E-state index in [0.717, 1.165) is 37.8 Å². The second kappa shape index (κ2) is 8.15. The van der Waals surface area contributed by atoms with E-state index in [0.29, 0.717) is 6.04 Å². The zero-order valence-electron chi connectivity index (χ0n) is 12.0. The maximum absolute atomic E-state index is 12.1. The van der Waals surface area contributed by atoms with Crippen molar-refractivity contribution in [3.05, 3.63) is 29.8 Å². The molecule has 2 nitrogen and oxygen atoms in total. The maximum Gasteiger partial charge on any atom is 0.573 e. The molecule has 0 aliphatic carbocycles. The van der Waals surface area contributed by atoms with Crippen LogP contribution in [0.25, 0.3) is 0 Å². The van der Waals surface area contributed by atoms with Gasteiger partial charge in [-0.2, -0.15) is 0 Å². The Morgan fingerprint density at radius 3 is 2.25 bits per heavy atom. The van der Waals surface area contributed by atoms with Crippen LogP contribution in [-0.4, -0.2) is 18.9 Å². The number of benzene rings is 1. The first-order chi connectivity index (χ1) is 9.44. The van der Waals surface area contributed by atoms with Crippen LogP contribution in [0.4, 0.5) is 13.2 Å². The highest BCUT2D eigenvalue weighted by Gasteiger charge is 2.30. The van der Waals surface area contributed by atoms with Crippen molar-refractivity contribution in [1.82, 2.24) is 5.32 Å². The standard InChI is InChI=1S/C15H22F3NO/c1-3-5-13(19-10-4-2)11-12-6-8-14(9-7-12)20-15(16,17)18/h6-9,13,19H,3-5,10-11H2,1-2H3. The predicted octanol–water partition coefficient (Wildman–Crippen LogP) is 4.30. The number of rotatable bonds is 8. The van der Waals surface area contributed by atoms with E-state index in [1.165, 1.54) is 12.1 Å². The average Bonchev–Trinajstić information content (AvgIpc) is 2.37. The van der Waals surface area contributed by atoms with Crippen LogP contribution in [0.2, 0.25) is 0 Å². The number of ether oxygens (including phenoxy) is 1. The van der Waals surface area contributed by atoms with E-state index < -0.39 is 6.36 Å². The number of nitrogens with one attached hydrogen (secondary N) is 1. The van der Waals surface area contributed by atoms with Crippen molar-refractivity contribution in [2.45, 2.75) is 51.9 Å². The Kier molecular flexibility index (Phi) is 6.85. The first kappa shape index (κ1) is 16.8. The van der Waals surface area contributed by atoms with Crippen LogP contribution in [0.5, 0.6) is 5.75 Å². The van der Waals surface area contributed by atoms with E-state index >= 15 is 0 Å². The van der Waals surface area contributed by atoms with Gasteiger partial charge in [0.15, 0.2) is 0 Å². The van der Waals surface area contributed by atoms with Gasteiger partial charge in [0.05, 0.1) is 0 Å². The summed E-state index contributed by atoms with van der Waals surface area (Å²) in [5.41, 5.74) is 1.02. The van der Waals surface area contributed by atoms with E-state index in [9.17, 15) is 13.2 Å². The fraction of sp³-hybridized carbons (Fsp3) is 0.600. The van der Waals surface area contributed by atoms with Gasteiger partial charge in [0, 0.05) is 6.04 Å². The fourth-order valence-corrected chi connectivity index (χ4v) is 2.08. The van der Waals surface area contributed by atoms with Crippen LogP contribution in [0.15, 0.2) is 24.3 Å². The third kappa shape index (κ3) is 6.80.